The van der Waals surface area contributed by atoms with Gasteiger partial charge in [-0.05, 0) is 45.6 Å². The smallest absolute Gasteiger partial charge is 0.408 e. The van der Waals surface area contributed by atoms with Crippen LogP contribution in [0, 0.1) is 0 Å². The molecule has 3 rings (SSSR count). The Morgan fingerprint density at radius 2 is 1.79 bits per heavy atom. The maximum absolute atomic E-state index is 13.5. The van der Waals surface area contributed by atoms with Crippen LogP contribution in [0.5, 0.6) is 0 Å². The molecular formula is C24H33N3O6. The number of hydrogen-bond acceptors (Lipinski definition) is 6. The molecule has 0 aliphatic carbocycles. The first-order valence-electron chi connectivity index (χ1n) is 11.3. The Morgan fingerprint density at radius 3 is 2.42 bits per heavy atom. The van der Waals surface area contributed by atoms with Crippen molar-refractivity contribution < 1.29 is 28.7 Å². The largest absolute Gasteiger partial charge is 0.459 e. The average Bonchev–Trinajstić information content (AvgIpc) is 3.15. The number of amides is 3. The number of carbonyl (C=O) groups excluding carboxylic acids is 4. The fraction of sp³-hybridized carbons (Fsp3) is 0.583. The fourth-order valence-corrected chi connectivity index (χ4v) is 4.27. The molecule has 180 valence electrons. The normalized spacial score (nSPS) is 23.3. The quantitative estimate of drug-likeness (QED) is 0.693. The van der Waals surface area contributed by atoms with Gasteiger partial charge in [-0.15, -0.1) is 0 Å². The molecule has 0 radical (unpaired) electrons. The zero-order valence-electron chi connectivity index (χ0n) is 19.7. The molecule has 1 aromatic carbocycles. The number of fused-ring (bicyclic) bond motifs is 1. The van der Waals surface area contributed by atoms with Crippen LogP contribution in [0.1, 0.15) is 52.5 Å². The van der Waals surface area contributed by atoms with Crippen molar-refractivity contribution in [2.75, 3.05) is 13.1 Å². The maximum Gasteiger partial charge on any atom is 0.408 e. The van der Waals surface area contributed by atoms with Gasteiger partial charge in [-0.3, -0.25) is 9.59 Å². The van der Waals surface area contributed by atoms with E-state index in [4.69, 9.17) is 9.47 Å². The van der Waals surface area contributed by atoms with Crippen LogP contribution in [-0.4, -0.2) is 70.5 Å². The zero-order valence-corrected chi connectivity index (χ0v) is 19.7. The first kappa shape index (κ1) is 24.5. The molecule has 33 heavy (non-hydrogen) atoms. The molecule has 0 bridgehead atoms. The summed E-state index contributed by atoms with van der Waals surface area (Å²) in [5.41, 5.74) is 0.121. The average molecular weight is 460 g/mol. The number of nitrogens with zero attached hydrogens (tertiary/aromatic N) is 2. The molecule has 2 aliphatic heterocycles. The van der Waals surface area contributed by atoms with Crippen LogP contribution in [0.3, 0.4) is 0 Å². The fourth-order valence-electron chi connectivity index (χ4n) is 4.27. The predicted octanol–water partition coefficient (Wildman–Crippen LogP) is 2.23. The highest BCUT2D eigenvalue weighted by Gasteiger charge is 2.46. The number of nitrogens with one attached hydrogen (secondary N) is 1. The van der Waals surface area contributed by atoms with Crippen molar-refractivity contribution in [3.05, 3.63) is 35.9 Å². The zero-order chi connectivity index (χ0) is 24.2. The van der Waals surface area contributed by atoms with Gasteiger partial charge >= 0.3 is 12.1 Å². The van der Waals surface area contributed by atoms with Crippen LogP contribution >= 0.6 is 0 Å². The molecule has 2 saturated heterocycles. The van der Waals surface area contributed by atoms with Gasteiger partial charge in [0.15, 0.2) is 0 Å². The minimum Gasteiger partial charge on any atom is -0.459 e. The lowest BCUT2D eigenvalue weighted by molar-refractivity contribution is -0.157. The van der Waals surface area contributed by atoms with Crippen molar-refractivity contribution in [3.8, 4) is 0 Å². The molecule has 2 aliphatic rings. The second kappa shape index (κ2) is 10.2. The van der Waals surface area contributed by atoms with Crippen molar-refractivity contribution >= 4 is 23.9 Å². The monoisotopic (exact) mass is 459 g/mol. The van der Waals surface area contributed by atoms with E-state index >= 15 is 0 Å². The molecule has 0 spiro atoms. The van der Waals surface area contributed by atoms with Crippen LogP contribution < -0.4 is 5.32 Å². The Labute approximate surface area is 194 Å². The summed E-state index contributed by atoms with van der Waals surface area (Å²) in [6, 6.07) is 7.39. The molecule has 2 fully saturated rings. The van der Waals surface area contributed by atoms with Crippen LogP contribution in [0.4, 0.5) is 4.79 Å². The highest BCUT2D eigenvalue weighted by molar-refractivity contribution is 5.91. The Hall–Kier alpha value is -3.10. The highest BCUT2D eigenvalue weighted by Crippen LogP contribution is 2.30. The second-order valence-corrected chi connectivity index (χ2v) is 9.54. The Bertz CT molecular complexity index is 882. The van der Waals surface area contributed by atoms with Gasteiger partial charge in [0.25, 0.3) is 0 Å². The van der Waals surface area contributed by atoms with E-state index in [1.807, 2.05) is 30.3 Å². The van der Waals surface area contributed by atoms with Crippen molar-refractivity contribution in [3.63, 3.8) is 0 Å². The molecule has 9 heteroatoms. The predicted molar refractivity (Wildman–Crippen MR) is 120 cm³/mol. The van der Waals surface area contributed by atoms with E-state index in [2.05, 4.69) is 5.32 Å². The van der Waals surface area contributed by atoms with E-state index in [0.717, 1.165) is 5.56 Å². The SMILES string of the molecule is CC(=O)N1CC[C@H]2CC[C@H](C(=O)OCc3ccccc3)N2C(=O)[C@H](NC(=O)OC(C)(C)C)C1. The summed E-state index contributed by atoms with van der Waals surface area (Å²) < 4.78 is 10.8. The number of hydrogen-bond donors (Lipinski definition) is 1. The summed E-state index contributed by atoms with van der Waals surface area (Å²) in [4.78, 5) is 54.1. The molecular weight excluding hydrogens is 426 g/mol. The number of rotatable bonds is 4. The van der Waals surface area contributed by atoms with Gasteiger partial charge in [-0.2, -0.15) is 0 Å². The number of benzene rings is 1. The van der Waals surface area contributed by atoms with Gasteiger partial charge in [0.1, 0.15) is 24.3 Å². The van der Waals surface area contributed by atoms with Crippen LogP contribution in [0.2, 0.25) is 0 Å². The summed E-state index contributed by atoms with van der Waals surface area (Å²) in [7, 11) is 0. The van der Waals surface area contributed by atoms with E-state index in [1.54, 1.807) is 30.6 Å². The van der Waals surface area contributed by atoms with Crippen LogP contribution in [0.15, 0.2) is 30.3 Å². The van der Waals surface area contributed by atoms with Gasteiger partial charge in [0.05, 0.1) is 6.54 Å². The van der Waals surface area contributed by atoms with Gasteiger partial charge in [0, 0.05) is 19.5 Å². The Kier molecular flexibility index (Phi) is 7.61. The van der Waals surface area contributed by atoms with E-state index in [0.29, 0.717) is 25.8 Å². The van der Waals surface area contributed by atoms with E-state index in [-0.39, 0.29) is 25.1 Å². The van der Waals surface area contributed by atoms with Crippen molar-refractivity contribution in [2.24, 2.45) is 0 Å². The number of esters is 1. The van der Waals surface area contributed by atoms with Crippen molar-refractivity contribution in [1.29, 1.82) is 0 Å². The molecule has 1 N–H and O–H groups in total. The lowest BCUT2D eigenvalue weighted by Crippen LogP contribution is -2.60. The van der Waals surface area contributed by atoms with Gasteiger partial charge in [-0.1, -0.05) is 30.3 Å². The molecule has 9 nitrogen and oxygen atoms in total. The topological polar surface area (TPSA) is 105 Å². The Balaban J connectivity index is 1.76. The van der Waals surface area contributed by atoms with Crippen molar-refractivity contribution in [1.82, 2.24) is 15.1 Å². The Morgan fingerprint density at radius 1 is 1.09 bits per heavy atom. The van der Waals surface area contributed by atoms with Crippen molar-refractivity contribution in [2.45, 2.75) is 77.3 Å². The number of alkyl carbamates (subject to hydrolysis) is 1. The number of ether oxygens (including phenoxy) is 2. The summed E-state index contributed by atoms with van der Waals surface area (Å²) in [6.45, 7) is 7.19. The summed E-state index contributed by atoms with van der Waals surface area (Å²) in [5.74, 6) is -1.05. The third-order valence-corrected chi connectivity index (χ3v) is 5.82. The minimum absolute atomic E-state index is 0.0163. The molecule has 0 aromatic heterocycles. The highest BCUT2D eigenvalue weighted by atomic mass is 16.6. The van der Waals surface area contributed by atoms with E-state index in [1.165, 1.54) is 6.92 Å². The summed E-state index contributed by atoms with van der Waals surface area (Å²) in [5, 5.41) is 2.61. The van der Waals surface area contributed by atoms with Crippen LogP contribution in [-0.2, 0) is 30.5 Å². The second-order valence-electron chi connectivity index (χ2n) is 9.54. The molecule has 2 heterocycles. The van der Waals surface area contributed by atoms with Gasteiger partial charge in [0.2, 0.25) is 11.8 Å². The summed E-state index contributed by atoms with van der Waals surface area (Å²) in [6.07, 6.45) is 0.918. The molecule has 3 amide bonds. The number of carbonyl (C=O) groups is 4. The maximum atomic E-state index is 13.5. The molecule has 1 aromatic rings. The minimum atomic E-state index is -1.02. The standard InChI is InChI=1S/C24H33N3O6/c1-16(28)26-13-12-18-10-11-20(22(30)32-15-17-8-6-5-7-9-17)27(18)21(29)19(14-26)25-23(31)33-24(2,3)4/h5-9,18-20H,10-15H2,1-4H3,(H,25,31)/t18-,19-,20-/m1/s1. The summed E-state index contributed by atoms with van der Waals surface area (Å²) >= 11 is 0. The first-order chi connectivity index (χ1) is 15.5. The van der Waals surface area contributed by atoms with E-state index < -0.39 is 35.7 Å². The molecule has 3 atom stereocenters. The van der Waals surface area contributed by atoms with E-state index in [9.17, 15) is 19.2 Å². The lowest BCUT2D eigenvalue weighted by atomic mass is 10.1. The first-order valence-corrected chi connectivity index (χ1v) is 11.3. The van der Waals surface area contributed by atoms with Crippen LogP contribution in [0.25, 0.3) is 0 Å². The lowest BCUT2D eigenvalue weighted by Gasteiger charge is -2.38. The molecule has 0 saturated carbocycles. The molecule has 0 unspecified atom stereocenters. The third-order valence-electron chi connectivity index (χ3n) is 5.82. The van der Waals surface area contributed by atoms with Gasteiger partial charge < -0.3 is 24.6 Å². The third kappa shape index (κ3) is 6.46. The van der Waals surface area contributed by atoms with Gasteiger partial charge in [-0.25, -0.2) is 9.59 Å².